The largest absolute Gasteiger partial charge is 0.507 e. The van der Waals surface area contributed by atoms with Crippen LogP contribution >= 0.6 is 0 Å². The predicted octanol–water partition coefficient (Wildman–Crippen LogP) is 15.7. The third-order valence-electron chi connectivity index (χ3n) is 10.8. The average Bonchev–Trinajstić information content (AvgIpc) is 0.808. The van der Waals surface area contributed by atoms with Crippen molar-refractivity contribution in [1.29, 1.82) is 0 Å². The summed E-state index contributed by atoms with van der Waals surface area (Å²) < 4.78 is 229. The maximum Gasteiger partial charge on any atom is 0.149 e. The maximum absolute atomic E-state index is 13.1. The number of para-hydroxylation sites is 1. The second-order valence-corrected chi connectivity index (χ2v) is 17.5. The Kier molecular flexibility index (Phi) is 5.33. The highest BCUT2D eigenvalue weighted by molar-refractivity contribution is 5.98. The fourth-order valence-electron chi connectivity index (χ4n) is 7.42. The summed E-state index contributed by atoms with van der Waals surface area (Å²) in [5, 5.41) is 13.1. The molecule has 0 aliphatic rings. The lowest BCUT2D eigenvalue weighted by Crippen LogP contribution is -2.17. The first-order chi connectivity index (χ1) is 40.0. The highest BCUT2D eigenvalue weighted by Gasteiger charge is 2.30. The van der Waals surface area contributed by atoms with Crippen LogP contribution in [-0.4, -0.2) is 19.6 Å². The van der Waals surface area contributed by atoms with Crippen LogP contribution in [-0.2, 0) is 21.7 Å². The molecule has 6 aromatic carbocycles. The van der Waals surface area contributed by atoms with Gasteiger partial charge in [-0.05, 0) is 109 Å². The summed E-state index contributed by atoms with van der Waals surface area (Å²) in [6.07, 6.45) is -0.715. The van der Waals surface area contributed by atoms with E-state index in [9.17, 15) is 6.48 Å². The van der Waals surface area contributed by atoms with Gasteiger partial charge >= 0.3 is 0 Å². The van der Waals surface area contributed by atoms with E-state index in [0.717, 1.165) is 5.56 Å². The van der Waals surface area contributed by atoms with E-state index in [2.05, 4.69) is 4.98 Å². The number of aromatic nitrogens is 3. The Balaban J connectivity index is 1.64. The van der Waals surface area contributed by atoms with Gasteiger partial charge in [0.25, 0.3) is 0 Å². The van der Waals surface area contributed by atoms with Gasteiger partial charge in [0, 0.05) is 53.1 Å². The minimum Gasteiger partial charge on any atom is -0.507 e. The summed E-state index contributed by atoms with van der Waals surface area (Å²) in [5.41, 5.74) is -11.4. The van der Waals surface area contributed by atoms with E-state index < -0.39 is 151 Å². The zero-order valence-corrected chi connectivity index (χ0v) is 35.0. The van der Waals surface area contributed by atoms with E-state index >= 15 is 0 Å². The lowest BCUT2D eigenvalue weighted by Gasteiger charge is -2.28. The fourth-order valence-corrected chi connectivity index (χ4v) is 7.42. The second kappa shape index (κ2) is 15.6. The smallest absolute Gasteiger partial charge is 0.149 e. The highest BCUT2D eigenvalue weighted by atomic mass is 16.3. The van der Waals surface area contributed by atoms with Crippen molar-refractivity contribution in [3.05, 3.63) is 168 Å². The number of fused-ring (bicyclic) bond motifs is 1. The summed E-state index contributed by atoms with van der Waals surface area (Å²) >= 11 is 0. The van der Waals surface area contributed by atoms with Crippen LogP contribution in [0.15, 0.2) is 146 Å². The Hall–Kier alpha value is -6.26. The molecule has 4 heteroatoms. The molecule has 0 saturated carbocycles. The van der Waals surface area contributed by atoms with Gasteiger partial charge in [-0.15, -0.1) is 0 Å². The Bertz CT molecular complexity index is 3980. The van der Waals surface area contributed by atoms with E-state index in [1.807, 2.05) is 47.6 Å². The molecule has 1 N–H and O–H groups in total. The molecule has 4 nitrogen and oxygen atoms in total. The van der Waals surface area contributed by atoms with Gasteiger partial charge in [-0.25, -0.2) is 4.98 Å². The molecule has 8 rings (SSSR count). The number of rotatable bonds is 6. The van der Waals surface area contributed by atoms with Crippen LogP contribution in [0.3, 0.4) is 0 Å². The zero-order chi connectivity index (χ0) is 66.3. The van der Waals surface area contributed by atoms with Gasteiger partial charge in [-0.2, -0.15) is 0 Å². The first kappa shape index (κ1) is 21.2. The molecular weight excluding hydrogens is 755 g/mol. The molecule has 0 fully saturated rings. The Morgan fingerprint density at radius 1 is 0.548 bits per heavy atom. The molecule has 0 spiro atoms. The van der Waals surface area contributed by atoms with E-state index in [-0.39, 0.29) is 45.2 Å². The van der Waals surface area contributed by atoms with Gasteiger partial charge in [0.1, 0.15) is 11.6 Å². The summed E-state index contributed by atoms with van der Waals surface area (Å²) in [4.78, 5) is 9.47. The van der Waals surface area contributed by atoms with E-state index in [4.69, 9.17) is 39.3 Å². The molecule has 0 unspecified atom stereocenters. The SMILES string of the molecule is [2H]c1nc(-c2cc(-c3cccc4c3nc(-c3cc(C(C([2H])([2H])[2H])(C([2H])([2H])[2H])C([2H])([2H])[2H])cc(C(C([2H])([2H])[2H])(C([2H])([2H])[2H])C([2H])([2H])[2H])c3O)n4-c3ccc(C(C)(C)C)cc3-c3ccccc3)cc(C(C)(C)C)c2)c([2H])c(-c2c([2H])c([2H])c([2H])c([2H])c2[2H])c1[2H]. The minimum absolute atomic E-state index is 0.0243. The molecule has 314 valence electrons. The van der Waals surface area contributed by atoms with E-state index in [0.29, 0.717) is 22.8 Å². The monoisotopic (exact) mass is 842 g/mol. The number of hydrogen-bond donors (Lipinski definition) is 1. The van der Waals surface area contributed by atoms with Crippen LogP contribution in [0.4, 0.5) is 0 Å². The second-order valence-electron chi connectivity index (χ2n) is 17.5. The molecule has 0 aliphatic heterocycles. The lowest BCUT2D eigenvalue weighted by molar-refractivity contribution is 0.446. The third kappa shape index (κ3) is 8.23. The molecule has 0 aliphatic carbocycles. The number of hydrogen-bond acceptors (Lipinski definition) is 3. The molecule has 0 atom stereocenters. The van der Waals surface area contributed by atoms with E-state index in [1.54, 1.807) is 72.8 Å². The normalized spacial score (nSPS) is 19.9. The van der Waals surface area contributed by atoms with Crippen LogP contribution in [0.5, 0.6) is 5.75 Å². The van der Waals surface area contributed by atoms with Crippen LogP contribution in [0.1, 0.15) is 141 Å². The third-order valence-corrected chi connectivity index (χ3v) is 10.8. The van der Waals surface area contributed by atoms with Gasteiger partial charge in [0.15, 0.2) is 0 Å². The first-order valence-electron chi connectivity index (χ1n) is 32.8. The quantitative estimate of drug-likeness (QED) is 0.181. The maximum atomic E-state index is 13.1. The molecule has 2 heterocycles. The van der Waals surface area contributed by atoms with Gasteiger partial charge in [-0.3, -0.25) is 9.55 Å². The summed E-state index contributed by atoms with van der Waals surface area (Å²) in [6, 6.07) is 19.6. The molecule has 2 aromatic heterocycles. The topological polar surface area (TPSA) is 50.9 Å². The molecule has 8 aromatic rings. The van der Waals surface area contributed by atoms with Crippen molar-refractivity contribution in [2.45, 2.75) is 104 Å². The van der Waals surface area contributed by atoms with Crippen LogP contribution in [0.2, 0.25) is 0 Å². The van der Waals surface area contributed by atoms with Crippen molar-refractivity contribution >= 4 is 11.0 Å². The van der Waals surface area contributed by atoms with Crippen molar-refractivity contribution in [2.75, 3.05) is 0 Å². The number of pyridine rings is 1. The molecular formula is C58H61N3O. The summed E-state index contributed by atoms with van der Waals surface area (Å²) in [7, 11) is 0. The molecule has 0 amide bonds. The zero-order valence-electron chi connectivity index (χ0n) is 61.0. The highest BCUT2D eigenvalue weighted by Crippen LogP contribution is 2.46. The summed E-state index contributed by atoms with van der Waals surface area (Å²) in [6.45, 7) is -13.6. The Morgan fingerprint density at radius 2 is 1.23 bits per heavy atom. The molecule has 0 radical (unpaired) electrons. The standard InChI is InChI=1S/C58H61N3O/c1-55(2,3)42-26-27-50(46(34-42)38-22-17-14-18-23-38)61-51-25-19-24-45(52(51)60-54(61)47-35-44(57(7,8)9)36-48(53(47)62)58(10,11)12)40-30-41(32-43(31-40)56(4,5)6)49-33-39(28-29-59-49)37-20-15-13-16-21-37/h13-36,62H,1-12H3/i7D3,8D3,9D3,10D3,11D3,12D3,13D,15D,16D,20D,21D,28D,29D,33D. The number of phenols is 1. The number of benzene rings is 6. The van der Waals surface area contributed by atoms with Gasteiger partial charge < -0.3 is 5.11 Å². The van der Waals surface area contributed by atoms with Crippen molar-refractivity contribution < 1.29 is 40.7 Å². The van der Waals surface area contributed by atoms with Crippen LogP contribution in [0, 0.1) is 0 Å². The van der Waals surface area contributed by atoms with Crippen LogP contribution in [0.25, 0.3) is 72.7 Å². The average molecular weight is 842 g/mol. The molecule has 0 saturated heterocycles. The number of aromatic hydroxyl groups is 1. The number of imidazole rings is 1. The Labute approximate surface area is 405 Å². The van der Waals surface area contributed by atoms with Gasteiger partial charge in [0.05, 0.1) is 38.9 Å². The van der Waals surface area contributed by atoms with Crippen LogP contribution < -0.4 is 0 Å². The van der Waals surface area contributed by atoms with Crippen molar-refractivity contribution in [2.24, 2.45) is 0 Å². The number of phenolic OH excluding ortho intramolecular Hbond substituents is 1. The summed E-state index contributed by atoms with van der Waals surface area (Å²) in [5.74, 6) is -2.01. The first-order valence-corrected chi connectivity index (χ1v) is 19.8. The van der Waals surface area contributed by atoms with Gasteiger partial charge in [-0.1, -0.05) is 174 Å². The van der Waals surface area contributed by atoms with E-state index in [1.165, 1.54) is 10.6 Å². The van der Waals surface area contributed by atoms with Crippen molar-refractivity contribution in [3.63, 3.8) is 0 Å². The minimum atomic E-state index is -4.23. The lowest BCUT2D eigenvalue weighted by atomic mass is 9.79. The fraction of sp³-hybridized carbons (Fsp3) is 0.276. The number of nitrogens with zero attached hydrogens (tertiary/aromatic N) is 3. The van der Waals surface area contributed by atoms with Crippen molar-refractivity contribution in [1.82, 2.24) is 14.5 Å². The van der Waals surface area contributed by atoms with Crippen molar-refractivity contribution in [3.8, 4) is 67.5 Å². The van der Waals surface area contributed by atoms with Gasteiger partial charge in [0.2, 0.25) is 0 Å². The predicted molar refractivity (Wildman–Crippen MR) is 263 cm³/mol. The Morgan fingerprint density at radius 3 is 1.92 bits per heavy atom. The molecule has 62 heavy (non-hydrogen) atoms. The molecule has 0 bridgehead atoms.